The molecule has 0 aliphatic heterocycles. The molecule has 0 fully saturated rings. The quantitative estimate of drug-likeness (QED) is 0.558. The van der Waals surface area contributed by atoms with Crippen LogP contribution in [0.5, 0.6) is 11.5 Å². The van der Waals surface area contributed by atoms with E-state index in [2.05, 4.69) is 0 Å². The Hall–Kier alpha value is -3.07. The molecule has 0 atom stereocenters. The van der Waals surface area contributed by atoms with Gasteiger partial charge in [0.05, 0.1) is 12.1 Å². The van der Waals surface area contributed by atoms with E-state index in [0.717, 1.165) is 5.56 Å². The Bertz CT molecular complexity index is 798. The van der Waals surface area contributed by atoms with Crippen molar-refractivity contribution < 1.29 is 9.53 Å². The van der Waals surface area contributed by atoms with E-state index in [4.69, 9.17) is 10.5 Å². The van der Waals surface area contributed by atoms with Crippen molar-refractivity contribution in [1.82, 2.24) is 0 Å². The molecule has 0 saturated carbocycles. The van der Waals surface area contributed by atoms with Crippen molar-refractivity contribution in [3.05, 3.63) is 96.4 Å². The van der Waals surface area contributed by atoms with Crippen LogP contribution in [-0.2, 0) is 0 Å². The number of benzene rings is 3. The highest BCUT2D eigenvalue weighted by molar-refractivity contribution is 6.05. The Balaban J connectivity index is 1.75. The summed E-state index contributed by atoms with van der Waals surface area (Å²) in [6, 6.07) is 23.9. The maximum absolute atomic E-state index is 12.3. The zero-order chi connectivity index (χ0) is 16.1. The molecule has 3 aromatic carbocycles. The molecule has 0 aromatic heterocycles. The zero-order valence-corrected chi connectivity index (χ0v) is 12.5. The summed E-state index contributed by atoms with van der Waals surface area (Å²) in [4.78, 5) is 12.3. The van der Waals surface area contributed by atoms with Gasteiger partial charge in [0.1, 0.15) is 11.5 Å². The van der Waals surface area contributed by atoms with E-state index in [1.165, 1.54) is 0 Å². The number of carbonyl (C=O) groups is 1. The minimum Gasteiger partial charge on any atom is -0.455 e. The predicted molar refractivity (Wildman–Crippen MR) is 91.5 cm³/mol. The second kappa shape index (κ2) is 6.79. The number of hydrogen-bond donors (Lipinski definition) is 1. The highest BCUT2D eigenvalue weighted by Gasteiger charge is 2.10. The molecule has 0 aliphatic rings. The van der Waals surface area contributed by atoms with Gasteiger partial charge in [0.2, 0.25) is 0 Å². The van der Waals surface area contributed by atoms with E-state index >= 15 is 0 Å². The largest absolute Gasteiger partial charge is 0.455 e. The predicted octanol–water partition coefficient (Wildman–Crippen LogP) is 4.50. The number of carbonyl (C=O) groups excluding carboxylic acids is 1. The number of ketones is 1. The van der Waals surface area contributed by atoms with Crippen LogP contribution in [0.15, 0.2) is 78.9 Å². The van der Waals surface area contributed by atoms with Crippen molar-refractivity contribution in [2.75, 3.05) is 5.73 Å². The average molecular weight is 302 g/mol. The lowest BCUT2D eigenvalue weighted by Crippen LogP contribution is -2.02. The molecule has 0 heterocycles. The van der Waals surface area contributed by atoms with E-state index in [1.54, 1.807) is 24.6 Å². The molecule has 1 radical (unpaired) electrons. The molecular formula is C20H16NO2. The summed E-state index contributed by atoms with van der Waals surface area (Å²) < 4.78 is 5.72. The molecule has 2 N–H and O–H groups in total. The van der Waals surface area contributed by atoms with Crippen LogP contribution in [-0.4, -0.2) is 5.78 Å². The third-order valence-corrected chi connectivity index (χ3v) is 3.36. The number of para-hydroxylation sites is 1. The molecule has 113 valence electrons. The minimum atomic E-state index is -0.0887. The van der Waals surface area contributed by atoms with E-state index in [-0.39, 0.29) is 5.78 Å². The average Bonchev–Trinajstić information content (AvgIpc) is 2.58. The van der Waals surface area contributed by atoms with Gasteiger partial charge in [-0.1, -0.05) is 48.5 Å². The van der Waals surface area contributed by atoms with E-state index in [0.29, 0.717) is 22.7 Å². The van der Waals surface area contributed by atoms with Crippen LogP contribution in [0.4, 0.5) is 5.69 Å². The first-order chi connectivity index (χ1) is 11.2. The van der Waals surface area contributed by atoms with Gasteiger partial charge in [-0.25, -0.2) is 0 Å². The van der Waals surface area contributed by atoms with Gasteiger partial charge in [-0.3, -0.25) is 4.79 Å². The zero-order valence-electron chi connectivity index (χ0n) is 12.5. The minimum absolute atomic E-state index is 0.0887. The van der Waals surface area contributed by atoms with Gasteiger partial charge >= 0.3 is 0 Å². The monoisotopic (exact) mass is 302 g/mol. The van der Waals surface area contributed by atoms with Crippen molar-refractivity contribution in [3.63, 3.8) is 0 Å². The first-order valence-corrected chi connectivity index (χ1v) is 7.29. The lowest BCUT2D eigenvalue weighted by atomic mass is 10.0. The first-order valence-electron chi connectivity index (χ1n) is 7.29. The van der Waals surface area contributed by atoms with Gasteiger partial charge in [0.25, 0.3) is 0 Å². The fourth-order valence-corrected chi connectivity index (χ4v) is 2.19. The summed E-state index contributed by atoms with van der Waals surface area (Å²) >= 11 is 0. The topological polar surface area (TPSA) is 52.3 Å². The molecule has 0 aliphatic carbocycles. The molecule has 3 nitrogen and oxygen atoms in total. The van der Waals surface area contributed by atoms with Gasteiger partial charge in [-0.05, 0) is 35.9 Å². The third kappa shape index (κ3) is 3.77. The molecule has 0 bridgehead atoms. The molecule has 3 aromatic rings. The van der Waals surface area contributed by atoms with Crippen LogP contribution in [0.3, 0.4) is 0 Å². The lowest BCUT2D eigenvalue weighted by molar-refractivity contribution is 0.103. The standard InChI is InChI=1S/C20H16NO2/c21-18-14-16(19(22)13-15-7-3-1-4-8-15)11-12-20(18)23-17-9-5-2-6-10-17/h1-14H,21H2. The summed E-state index contributed by atoms with van der Waals surface area (Å²) in [7, 11) is 0. The Morgan fingerprint density at radius 2 is 1.52 bits per heavy atom. The van der Waals surface area contributed by atoms with E-state index in [9.17, 15) is 4.79 Å². The van der Waals surface area contributed by atoms with Crippen molar-refractivity contribution >= 4 is 11.5 Å². The molecule has 0 unspecified atom stereocenters. The third-order valence-electron chi connectivity index (χ3n) is 3.36. The first kappa shape index (κ1) is 14.9. The van der Waals surface area contributed by atoms with Crippen molar-refractivity contribution in [2.45, 2.75) is 0 Å². The number of Topliss-reactive ketones (excluding diaryl/α,β-unsaturated/α-hetero) is 1. The fourth-order valence-electron chi connectivity index (χ4n) is 2.19. The van der Waals surface area contributed by atoms with Crippen LogP contribution in [0.2, 0.25) is 0 Å². The highest BCUT2D eigenvalue weighted by Crippen LogP contribution is 2.28. The van der Waals surface area contributed by atoms with Gasteiger partial charge in [0, 0.05) is 5.56 Å². The van der Waals surface area contributed by atoms with Crippen LogP contribution in [0, 0.1) is 6.42 Å². The molecule has 0 amide bonds. The molecular weight excluding hydrogens is 286 g/mol. The number of ether oxygens (including phenoxy) is 1. The summed E-state index contributed by atoms with van der Waals surface area (Å²) in [6.45, 7) is 0. The Morgan fingerprint density at radius 3 is 2.17 bits per heavy atom. The molecule has 3 heteroatoms. The van der Waals surface area contributed by atoms with Crippen molar-refractivity contribution in [1.29, 1.82) is 0 Å². The lowest BCUT2D eigenvalue weighted by Gasteiger charge is -2.09. The maximum Gasteiger partial charge on any atom is 0.171 e. The van der Waals surface area contributed by atoms with Crippen LogP contribution in [0.1, 0.15) is 15.9 Å². The molecule has 0 saturated heterocycles. The Morgan fingerprint density at radius 1 is 0.870 bits per heavy atom. The van der Waals surface area contributed by atoms with Crippen molar-refractivity contribution in [3.8, 4) is 11.5 Å². The van der Waals surface area contributed by atoms with E-state index in [1.807, 2.05) is 60.7 Å². The summed E-state index contributed by atoms with van der Waals surface area (Å²) in [5.74, 6) is 1.15. The van der Waals surface area contributed by atoms with Gasteiger partial charge in [-0.2, -0.15) is 0 Å². The van der Waals surface area contributed by atoms with E-state index < -0.39 is 0 Å². The second-order valence-corrected chi connectivity index (χ2v) is 5.09. The molecule has 3 rings (SSSR count). The SMILES string of the molecule is Nc1cc(C(=O)[CH]c2ccccc2)ccc1Oc1ccccc1. The smallest absolute Gasteiger partial charge is 0.171 e. The Kier molecular flexibility index (Phi) is 4.39. The number of nitrogen functional groups attached to an aromatic ring is 1. The van der Waals surface area contributed by atoms with Crippen LogP contribution < -0.4 is 10.5 Å². The number of hydrogen-bond acceptors (Lipinski definition) is 3. The normalized spacial score (nSPS) is 10.3. The van der Waals surface area contributed by atoms with Gasteiger partial charge < -0.3 is 10.5 Å². The van der Waals surface area contributed by atoms with Gasteiger partial charge in [0.15, 0.2) is 5.78 Å². The van der Waals surface area contributed by atoms with Crippen molar-refractivity contribution in [2.24, 2.45) is 0 Å². The van der Waals surface area contributed by atoms with Crippen LogP contribution in [0.25, 0.3) is 0 Å². The summed E-state index contributed by atoms with van der Waals surface area (Å²) in [6.07, 6.45) is 1.59. The highest BCUT2D eigenvalue weighted by atomic mass is 16.5. The Labute approximate surface area is 135 Å². The molecule has 0 spiro atoms. The number of rotatable bonds is 5. The number of anilines is 1. The molecule has 23 heavy (non-hydrogen) atoms. The fraction of sp³-hybridized carbons (Fsp3) is 0. The summed E-state index contributed by atoms with van der Waals surface area (Å²) in [5.41, 5.74) is 7.84. The van der Waals surface area contributed by atoms with Gasteiger partial charge in [-0.15, -0.1) is 0 Å². The second-order valence-electron chi connectivity index (χ2n) is 5.09. The number of nitrogens with two attached hydrogens (primary N) is 1. The summed E-state index contributed by atoms with van der Waals surface area (Å²) in [5, 5.41) is 0. The van der Waals surface area contributed by atoms with Crippen LogP contribution >= 0.6 is 0 Å². The maximum atomic E-state index is 12.3.